The van der Waals surface area contributed by atoms with Gasteiger partial charge in [0, 0.05) is 3.57 Å². The van der Waals surface area contributed by atoms with Crippen LogP contribution in [-0.2, 0) is 9.59 Å². The Morgan fingerprint density at radius 2 is 1.50 bits per heavy atom. The number of hydrogen-bond donors (Lipinski definition) is 0. The number of rotatable bonds is 2. The molecule has 1 aromatic carbocycles. The number of carbonyl (C=O) groups excluding carboxylic acids is 2. The SMILES string of the molecule is O=C1C[C@H](N2CCCCCCC2)C(=O)N1c1ccc(I)cc1. The maximum atomic E-state index is 12.8. The highest BCUT2D eigenvalue weighted by atomic mass is 127. The number of likely N-dealkylation sites (tertiary alicyclic amines) is 1. The summed E-state index contributed by atoms with van der Waals surface area (Å²) in [5.41, 5.74) is 0.699. The van der Waals surface area contributed by atoms with Gasteiger partial charge < -0.3 is 0 Å². The molecule has 0 aromatic heterocycles. The molecule has 0 aliphatic carbocycles. The second-order valence-corrected chi connectivity index (χ2v) is 7.31. The van der Waals surface area contributed by atoms with Crippen LogP contribution < -0.4 is 4.90 Å². The van der Waals surface area contributed by atoms with Crippen LogP contribution in [-0.4, -0.2) is 35.8 Å². The van der Waals surface area contributed by atoms with Crippen LogP contribution >= 0.6 is 22.6 Å². The fraction of sp³-hybridized carbons (Fsp3) is 0.529. The molecule has 2 heterocycles. The van der Waals surface area contributed by atoms with Crippen LogP contribution in [0.5, 0.6) is 0 Å². The maximum Gasteiger partial charge on any atom is 0.251 e. The second-order valence-electron chi connectivity index (χ2n) is 6.07. The predicted octanol–water partition coefficient (Wildman–Crippen LogP) is 3.19. The van der Waals surface area contributed by atoms with Gasteiger partial charge in [0.05, 0.1) is 18.2 Å². The number of nitrogens with zero attached hydrogens (tertiary/aromatic N) is 2. The van der Waals surface area contributed by atoms with Gasteiger partial charge in [0.25, 0.3) is 5.91 Å². The number of anilines is 1. The first kappa shape index (κ1) is 15.9. The lowest BCUT2D eigenvalue weighted by Crippen LogP contribution is -2.43. The van der Waals surface area contributed by atoms with Crippen LogP contribution in [0.2, 0.25) is 0 Å². The van der Waals surface area contributed by atoms with Crippen molar-refractivity contribution in [2.75, 3.05) is 18.0 Å². The molecule has 0 radical (unpaired) electrons. The van der Waals surface area contributed by atoms with E-state index in [1.54, 1.807) is 0 Å². The fourth-order valence-electron chi connectivity index (χ4n) is 3.35. The molecule has 2 fully saturated rings. The number of halogens is 1. The zero-order valence-corrected chi connectivity index (χ0v) is 14.8. The molecule has 0 spiro atoms. The van der Waals surface area contributed by atoms with Gasteiger partial charge in [-0.3, -0.25) is 14.5 Å². The van der Waals surface area contributed by atoms with Crippen LogP contribution in [0.3, 0.4) is 0 Å². The lowest BCUT2D eigenvalue weighted by Gasteiger charge is -2.28. The molecule has 1 atom stereocenters. The minimum Gasteiger partial charge on any atom is -0.292 e. The van der Waals surface area contributed by atoms with Crippen LogP contribution in [0.1, 0.15) is 38.5 Å². The van der Waals surface area contributed by atoms with Gasteiger partial charge in [-0.2, -0.15) is 0 Å². The topological polar surface area (TPSA) is 40.6 Å². The zero-order chi connectivity index (χ0) is 15.5. The van der Waals surface area contributed by atoms with Crippen molar-refractivity contribution in [3.05, 3.63) is 27.8 Å². The minimum absolute atomic E-state index is 0.0493. The minimum atomic E-state index is -0.259. The van der Waals surface area contributed by atoms with E-state index in [1.165, 1.54) is 24.2 Å². The normalized spacial score (nSPS) is 24.4. The molecule has 0 unspecified atom stereocenters. The summed E-state index contributed by atoms with van der Waals surface area (Å²) in [5, 5.41) is 0. The van der Waals surface area contributed by atoms with Crippen molar-refractivity contribution in [2.24, 2.45) is 0 Å². The molecular weight excluding hydrogens is 391 g/mol. The molecule has 118 valence electrons. The Morgan fingerprint density at radius 3 is 2.14 bits per heavy atom. The van der Waals surface area contributed by atoms with E-state index < -0.39 is 0 Å². The van der Waals surface area contributed by atoms with Crippen molar-refractivity contribution < 1.29 is 9.59 Å². The number of benzene rings is 1. The third-order valence-corrected chi connectivity index (χ3v) is 5.26. The van der Waals surface area contributed by atoms with Crippen molar-refractivity contribution in [2.45, 2.75) is 44.6 Å². The molecule has 3 rings (SSSR count). The third-order valence-electron chi connectivity index (χ3n) is 4.54. The smallest absolute Gasteiger partial charge is 0.251 e. The van der Waals surface area contributed by atoms with Crippen molar-refractivity contribution in [1.82, 2.24) is 4.90 Å². The molecule has 2 aliphatic rings. The Kier molecular flexibility index (Phi) is 5.13. The van der Waals surface area contributed by atoms with E-state index in [-0.39, 0.29) is 17.9 Å². The van der Waals surface area contributed by atoms with E-state index in [0.717, 1.165) is 29.5 Å². The largest absolute Gasteiger partial charge is 0.292 e. The van der Waals surface area contributed by atoms with Gasteiger partial charge in [0.1, 0.15) is 0 Å². The van der Waals surface area contributed by atoms with E-state index in [2.05, 4.69) is 27.5 Å². The van der Waals surface area contributed by atoms with Crippen LogP contribution in [0.15, 0.2) is 24.3 Å². The van der Waals surface area contributed by atoms with Gasteiger partial charge in [-0.1, -0.05) is 19.3 Å². The first-order chi connectivity index (χ1) is 10.7. The Bertz CT molecular complexity index is 550. The summed E-state index contributed by atoms with van der Waals surface area (Å²) < 4.78 is 1.10. The summed E-state index contributed by atoms with van der Waals surface area (Å²) in [6.45, 7) is 1.87. The third kappa shape index (κ3) is 3.35. The highest BCUT2D eigenvalue weighted by molar-refractivity contribution is 14.1. The van der Waals surface area contributed by atoms with Gasteiger partial charge in [-0.15, -0.1) is 0 Å². The summed E-state index contributed by atoms with van der Waals surface area (Å²) in [6.07, 6.45) is 6.33. The van der Waals surface area contributed by atoms with Crippen molar-refractivity contribution in [3.63, 3.8) is 0 Å². The standard InChI is InChI=1S/C17H21IN2O2/c18-13-6-8-14(9-7-13)20-16(21)12-15(17(20)22)19-10-4-2-1-3-5-11-19/h6-9,15H,1-5,10-12H2/t15-/m0/s1. The predicted molar refractivity (Wildman–Crippen MR) is 94.7 cm³/mol. The fourth-order valence-corrected chi connectivity index (χ4v) is 3.71. The molecule has 0 saturated carbocycles. The number of amides is 2. The van der Waals surface area contributed by atoms with Gasteiger partial charge >= 0.3 is 0 Å². The lowest BCUT2D eigenvalue weighted by molar-refractivity contribution is -0.123. The Labute approximate surface area is 145 Å². The van der Waals surface area contributed by atoms with Gasteiger partial charge in [0.2, 0.25) is 5.91 Å². The van der Waals surface area contributed by atoms with E-state index >= 15 is 0 Å². The molecule has 2 saturated heterocycles. The van der Waals surface area contributed by atoms with Gasteiger partial charge in [0.15, 0.2) is 0 Å². The average Bonchev–Trinajstić information content (AvgIpc) is 2.75. The molecule has 22 heavy (non-hydrogen) atoms. The highest BCUT2D eigenvalue weighted by Gasteiger charge is 2.42. The molecule has 2 aliphatic heterocycles. The number of imide groups is 1. The quantitative estimate of drug-likeness (QED) is 0.554. The van der Waals surface area contributed by atoms with E-state index in [4.69, 9.17) is 0 Å². The van der Waals surface area contributed by atoms with Gasteiger partial charge in [-0.05, 0) is 72.8 Å². The summed E-state index contributed by atoms with van der Waals surface area (Å²) in [7, 11) is 0. The Balaban J connectivity index is 1.76. The zero-order valence-electron chi connectivity index (χ0n) is 12.6. The summed E-state index contributed by atoms with van der Waals surface area (Å²) in [4.78, 5) is 28.7. The Hall–Kier alpha value is -0.950. The van der Waals surface area contributed by atoms with Crippen LogP contribution in [0, 0.1) is 3.57 Å². The Morgan fingerprint density at radius 1 is 0.909 bits per heavy atom. The van der Waals surface area contributed by atoms with E-state index in [9.17, 15) is 9.59 Å². The lowest BCUT2D eigenvalue weighted by atomic mass is 10.1. The molecule has 4 nitrogen and oxygen atoms in total. The first-order valence-corrected chi connectivity index (χ1v) is 9.11. The first-order valence-electron chi connectivity index (χ1n) is 8.03. The number of hydrogen-bond acceptors (Lipinski definition) is 3. The molecule has 0 N–H and O–H groups in total. The maximum absolute atomic E-state index is 12.8. The summed E-state index contributed by atoms with van der Waals surface area (Å²) in [6, 6.07) is 7.31. The van der Waals surface area contributed by atoms with E-state index in [1.807, 2.05) is 24.3 Å². The molecular formula is C17H21IN2O2. The van der Waals surface area contributed by atoms with Crippen LogP contribution in [0.25, 0.3) is 0 Å². The monoisotopic (exact) mass is 412 g/mol. The molecule has 0 bridgehead atoms. The summed E-state index contributed by atoms with van der Waals surface area (Å²) in [5.74, 6) is -0.120. The van der Waals surface area contributed by atoms with Crippen molar-refractivity contribution in [3.8, 4) is 0 Å². The van der Waals surface area contributed by atoms with Crippen LogP contribution in [0.4, 0.5) is 5.69 Å². The van der Waals surface area contributed by atoms with E-state index in [0.29, 0.717) is 12.1 Å². The second kappa shape index (κ2) is 7.08. The summed E-state index contributed by atoms with van der Waals surface area (Å²) >= 11 is 2.22. The molecule has 2 amide bonds. The van der Waals surface area contributed by atoms with Crippen molar-refractivity contribution in [1.29, 1.82) is 0 Å². The molecule has 1 aromatic rings. The van der Waals surface area contributed by atoms with Gasteiger partial charge in [-0.25, -0.2) is 4.90 Å². The average molecular weight is 412 g/mol. The molecule has 5 heteroatoms. The van der Waals surface area contributed by atoms with Crippen molar-refractivity contribution >= 4 is 40.1 Å². The number of carbonyl (C=O) groups is 2. The highest BCUT2D eigenvalue weighted by Crippen LogP contribution is 2.27.